The van der Waals surface area contributed by atoms with Crippen LogP contribution in [-0.4, -0.2) is 36.7 Å². The second kappa shape index (κ2) is 9.03. The third kappa shape index (κ3) is 4.62. The summed E-state index contributed by atoms with van der Waals surface area (Å²) in [4.78, 5) is 20.5. The van der Waals surface area contributed by atoms with Crippen LogP contribution in [0.4, 0.5) is 11.8 Å². The Bertz CT molecular complexity index is 778. The van der Waals surface area contributed by atoms with Gasteiger partial charge in [0.2, 0.25) is 5.95 Å². The van der Waals surface area contributed by atoms with Gasteiger partial charge in [-0.3, -0.25) is 0 Å². The predicted molar refractivity (Wildman–Crippen MR) is 102 cm³/mol. The van der Waals surface area contributed by atoms with Crippen LogP contribution >= 0.6 is 0 Å². The predicted octanol–water partition coefficient (Wildman–Crippen LogP) is 2.97. The molecule has 0 fully saturated rings. The first-order valence-electron chi connectivity index (χ1n) is 8.62. The standard InChI is InChI=1S/C19H26N4O3/c1-5-6-9-21-17-15(12(2)22-19(20)23-17)11-14-10-13(18(24)26-4)7-8-16(14)25-3/h7-8,10H,5-6,9,11H2,1-4H3,(H3,20,21,22,23). The molecule has 1 heterocycles. The zero-order chi connectivity index (χ0) is 19.1. The number of esters is 1. The fourth-order valence-electron chi connectivity index (χ4n) is 2.71. The van der Waals surface area contributed by atoms with Crippen LogP contribution in [0.5, 0.6) is 5.75 Å². The van der Waals surface area contributed by atoms with Crippen molar-refractivity contribution in [2.24, 2.45) is 0 Å². The second-order valence-corrected chi connectivity index (χ2v) is 5.97. The fourth-order valence-corrected chi connectivity index (χ4v) is 2.71. The minimum absolute atomic E-state index is 0.237. The van der Waals surface area contributed by atoms with Crippen LogP contribution < -0.4 is 15.8 Å². The third-order valence-corrected chi connectivity index (χ3v) is 4.12. The first-order valence-corrected chi connectivity index (χ1v) is 8.62. The Hall–Kier alpha value is -2.83. The van der Waals surface area contributed by atoms with Crippen molar-refractivity contribution in [3.63, 3.8) is 0 Å². The molecule has 0 aliphatic carbocycles. The van der Waals surface area contributed by atoms with E-state index in [4.69, 9.17) is 15.2 Å². The fraction of sp³-hybridized carbons (Fsp3) is 0.421. The van der Waals surface area contributed by atoms with Crippen LogP contribution in [0.1, 0.15) is 46.9 Å². The minimum Gasteiger partial charge on any atom is -0.496 e. The molecule has 26 heavy (non-hydrogen) atoms. The van der Waals surface area contributed by atoms with Crippen molar-refractivity contribution >= 4 is 17.7 Å². The van der Waals surface area contributed by atoms with E-state index in [0.717, 1.165) is 36.2 Å². The van der Waals surface area contributed by atoms with Gasteiger partial charge >= 0.3 is 5.97 Å². The highest BCUT2D eigenvalue weighted by molar-refractivity contribution is 5.89. The molecule has 0 aliphatic heterocycles. The van der Waals surface area contributed by atoms with Gasteiger partial charge in [0.25, 0.3) is 0 Å². The van der Waals surface area contributed by atoms with Crippen LogP contribution in [0.3, 0.4) is 0 Å². The normalized spacial score (nSPS) is 10.5. The number of aromatic nitrogens is 2. The van der Waals surface area contributed by atoms with Gasteiger partial charge in [0.15, 0.2) is 0 Å². The number of methoxy groups -OCH3 is 2. The van der Waals surface area contributed by atoms with Gasteiger partial charge in [-0.1, -0.05) is 13.3 Å². The quantitative estimate of drug-likeness (QED) is 0.553. The van der Waals surface area contributed by atoms with Gasteiger partial charge in [-0.2, -0.15) is 4.98 Å². The smallest absolute Gasteiger partial charge is 0.337 e. The molecule has 0 saturated carbocycles. The number of nitrogens with one attached hydrogen (secondary N) is 1. The molecule has 0 saturated heterocycles. The minimum atomic E-state index is -0.388. The van der Waals surface area contributed by atoms with E-state index in [1.165, 1.54) is 7.11 Å². The molecule has 0 radical (unpaired) electrons. The third-order valence-electron chi connectivity index (χ3n) is 4.12. The van der Waals surface area contributed by atoms with E-state index >= 15 is 0 Å². The Morgan fingerprint density at radius 2 is 2.04 bits per heavy atom. The number of rotatable bonds is 8. The number of anilines is 2. The number of unbranched alkanes of at least 4 members (excludes halogenated alkanes) is 1. The number of hydrogen-bond donors (Lipinski definition) is 2. The maximum Gasteiger partial charge on any atom is 0.337 e. The molecule has 0 aliphatic rings. The molecule has 1 aromatic heterocycles. The van der Waals surface area contributed by atoms with E-state index in [0.29, 0.717) is 23.6 Å². The highest BCUT2D eigenvalue weighted by Crippen LogP contribution is 2.27. The molecule has 0 bridgehead atoms. The van der Waals surface area contributed by atoms with Gasteiger partial charge in [-0.05, 0) is 37.1 Å². The SMILES string of the molecule is CCCCNc1nc(N)nc(C)c1Cc1cc(C(=O)OC)ccc1OC. The lowest BCUT2D eigenvalue weighted by Gasteiger charge is -2.16. The number of carbonyl (C=O) groups is 1. The number of aryl methyl sites for hydroxylation is 1. The van der Waals surface area contributed by atoms with E-state index in [2.05, 4.69) is 22.2 Å². The van der Waals surface area contributed by atoms with Crippen molar-refractivity contribution in [3.8, 4) is 5.75 Å². The zero-order valence-electron chi connectivity index (χ0n) is 15.8. The summed E-state index contributed by atoms with van der Waals surface area (Å²) in [5.74, 6) is 1.25. The van der Waals surface area contributed by atoms with Crippen molar-refractivity contribution in [2.75, 3.05) is 31.8 Å². The Balaban J connectivity index is 2.41. The first kappa shape index (κ1) is 19.5. The molecular weight excluding hydrogens is 332 g/mol. The van der Waals surface area contributed by atoms with E-state index in [-0.39, 0.29) is 11.9 Å². The molecule has 1 aromatic carbocycles. The van der Waals surface area contributed by atoms with Crippen LogP contribution in [-0.2, 0) is 11.2 Å². The number of nitrogens with zero attached hydrogens (tertiary/aromatic N) is 2. The van der Waals surface area contributed by atoms with Crippen molar-refractivity contribution < 1.29 is 14.3 Å². The van der Waals surface area contributed by atoms with E-state index < -0.39 is 0 Å². The molecule has 0 unspecified atom stereocenters. The van der Waals surface area contributed by atoms with E-state index in [1.54, 1.807) is 25.3 Å². The summed E-state index contributed by atoms with van der Waals surface area (Å²) in [6.45, 7) is 4.83. The lowest BCUT2D eigenvalue weighted by Crippen LogP contribution is -2.12. The maximum absolute atomic E-state index is 11.9. The Labute approximate surface area is 153 Å². The molecule has 0 spiro atoms. The summed E-state index contributed by atoms with van der Waals surface area (Å²) in [6, 6.07) is 5.22. The van der Waals surface area contributed by atoms with E-state index in [1.807, 2.05) is 6.92 Å². The molecule has 0 atom stereocenters. The molecule has 7 nitrogen and oxygen atoms in total. The molecule has 7 heteroatoms. The monoisotopic (exact) mass is 358 g/mol. The van der Waals surface area contributed by atoms with Gasteiger partial charge in [0.05, 0.1) is 19.8 Å². The number of benzene rings is 1. The zero-order valence-corrected chi connectivity index (χ0v) is 15.8. The largest absolute Gasteiger partial charge is 0.496 e. The van der Waals surface area contributed by atoms with Crippen molar-refractivity contribution in [2.45, 2.75) is 33.1 Å². The molecule has 2 rings (SSSR count). The number of carbonyl (C=O) groups excluding carboxylic acids is 1. The summed E-state index contributed by atoms with van der Waals surface area (Å²) in [7, 11) is 2.96. The number of nitrogen functional groups attached to an aromatic ring is 1. The average molecular weight is 358 g/mol. The second-order valence-electron chi connectivity index (χ2n) is 5.97. The summed E-state index contributed by atoms with van der Waals surface area (Å²) in [5.41, 5.74) is 8.86. The Morgan fingerprint density at radius 3 is 2.69 bits per heavy atom. The highest BCUT2D eigenvalue weighted by Gasteiger charge is 2.16. The molecule has 3 N–H and O–H groups in total. The molecule has 2 aromatic rings. The van der Waals surface area contributed by atoms with Gasteiger partial charge in [-0.25, -0.2) is 9.78 Å². The summed E-state index contributed by atoms with van der Waals surface area (Å²) >= 11 is 0. The van der Waals surface area contributed by atoms with Crippen molar-refractivity contribution in [3.05, 3.63) is 40.6 Å². The lowest BCUT2D eigenvalue weighted by atomic mass is 10.0. The number of ether oxygens (including phenoxy) is 2. The lowest BCUT2D eigenvalue weighted by molar-refractivity contribution is 0.0600. The van der Waals surface area contributed by atoms with Crippen LogP contribution in [0, 0.1) is 6.92 Å². The average Bonchev–Trinajstić information content (AvgIpc) is 2.63. The summed E-state index contributed by atoms with van der Waals surface area (Å²) < 4.78 is 10.3. The Kier molecular flexibility index (Phi) is 6.77. The number of nitrogens with two attached hydrogens (primary N) is 1. The van der Waals surface area contributed by atoms with Gasteiger partial charge in [0.1, 0.15) is 11.6 Å². The first-order chi connectivity index (χ1) is 12.5. The van der Waals surface area contributed by atoms with Gasteiger partial charge in [0, 0.05) is 24.2 Å². The Morgan fingerprint density at radius 1 is 1.27 bits per heavy atom. The topological polar surface area (TPSA) is 99.4 Å². The van der Waals surface area contributed by atoms with Crippen LogP contribution in [0.2, 0.25) is 0 Å². The number of hydrogen-bond acceptors (Lipinski definition) is 7. The highest BCUT2D eigenvalue weighted by atomic mass is 16.5. The van der Waals surface area contributed by atoms with Crippen LogP contribution in [0.15, 0.2) is 18.2 Å². The van der Waals surface area contributed by atoms with Crippen molar-refractivity contribution in [1.82, 2.24) is 9.97 Å². The van der Waals surface area contributed by atoms with Crippen LogP contribution in [0.25, 0.3) is 0 Å². The molecule has 140 valence electrons. The van der Waals surface area contributed by atoms with Crippen molar-refractivity contribution in [1.29, 1.82) is 0 Å². The summed E-state index contributed by atoms with van der Waals surface area (Å²) in [6.07, 6.45) is 2.62. The molecular formula is C19H26N4O3. The molecule has 0 amide bonds. The maximum atomic E-state index is 11.9. The summed E-state index contributed by atoms with van der Waals surface area (Å²) in [5, 5.41) is 3.34. The van der Waals surface area contributed by atoms with Gasteiger partial charge < -0.3 is 20.5 Å². The van der Waals surface area contributed by atoms with Gasteiger partial charge in [-0.15, -0.1) is 0 Å². The van der Waals surface area contributed by atoms with E-state index in [9.17, 15) is 4.79 Å².